The molecule has 0 saturated heterocycles. The van der Waals surface area contributed by atoms with Crippen molar-refractivity contribution in [2.75, 3.05) is 7.11 Å². The van der Waals surface area contributed by atoms with Crippen molar-refractivity contribution in [3.05, 3.63) is 35.9 Å². The molecule has 3 atom stereocenters. The fourth-order valence-electron chi connectivity index (χ4n) is 4.09. The first-order valence-electron chi connectivity index (χ1n) is 12.3. The number of unbranched alkanes of at least 4 members (excludes halogenated alkanes) is 8. The van der Waals surface area contributed by atoms with Crippen LogP contribution in [0.1, 0.15) is 90.5 Å². The van der Waals surface area contributed by atoms with Crippen LogP contribution in [0.15, 0.2) is 30.3 Å². The Bertz CT molecular complexity index is 727. The van der Waals surface area contributed by atoms with Gasteiger partial charge in [-0.05, 0) is 19.8 Å². The van der Waals surface area contributed by atoms with E-state index < -0.39 is 29.9 Å². The predicted molar refractivity (Wildman–Crippen MR) is 126 cm³/mol. The van der Waals surface area contributed by atoms with E-state index in [-0.39, 0.29) is 11.5 Å². The Hall–Kier alpha value is -2.09. The largest absolute Gasteiger partial charge is 0.458 e. The maximum Gasteiger partial charge on any atom is 0.432 e. The van der Waals surface area contributed by atoms with Gasteiger partial charge in [-0.1, -0.05) is 88.6 Å². The highest BCUT2D eigenvalue weighted by Gasteiger charge is 2.64. The number of alkyl halides is 3. The van der Waals surface area contributed by atoms with E-state index in [4.69, 9.17) is 9.47 Å². The lowest BCUT2D eigenvalue weighted by Crippen LogP contribution is -2.54. The molecule has 1 N–H and O–H groups in total. The van der Waals surface area contributed by atoms with Gasteiger partial charge in [0.25, 0.3) is 5.60 Å². The van der Waals surface area contributed by atoms with Crippen molar-refractivity contribution < 1.29 is 32.2 Å². The van der Waals surface area contributed by atoms with Crippen LogP contribution < -0.4 is 5.32 Å². The number of halogens is 3. The van der Waals surface area contributed by atoms with E-state index in [0.717, 1.165) is 26.4 Å². The molecule has 0 aliphatic rings. The maximum absolute atomic E-state index is 14.2. The Morgan fingerprint density at radius 2 is 1.47 bits per heavy atom. The third kappa shape index (κ3) is 8.93. The summed E-state index contributed by atoms with van der Waals surface area (Å²) in [4.78, 5) is 24.6. The van der Waals surface area contributed by atoms with Crippen LogP contribution in [0.3, 0.4) is 0 Å². The minimum atomic E-state index is -5.04. The van der Waals surface area contributed by atoms with Crippen LogP contribution in [0.5, 0.6) is 0 Å². The number of esters is 1. The van der Waals surface area contributed by atoms with Gasteiger partial charge in [0.1, 0.15) is 6.10 Å². The second-order valence-corrected chi connectivity index (χ2v) is 8.80. The number of methoxy groups -OCH3 is 1. The van der Waals surface area contributed by atoms with Gasteiger partial charge in [0.05, 0.1) is 6.04 Å². The fraction of sp³-hybridized carbons (Fsp3) is 0.692. The lowest BCUT2D eigenvalue weighted by molar-refractivity contribution is -0.278. The Labute approximate surface area is 201 Å². The number of nitrogens with one attached hydrogen (secondary N) is 1. The number of benzene rings is 1. The first-order chi connectivity index (χ1) is 16.1. The average Bonchev–Trinajstić information content (AvgIpc) is 2.77. The lowest BCUT2D eigenvalue weighted by Gasteiger charge is -2.35. The van der Waals surface area contributed by atoms with Gasteiger partial charge in [-0.15, -0.1) is 0 Å². The third-order valence-corrected chi connectivity index (χ3v) is 6.01. The summed E-state index contributed by atoms with van der Waals surface area (Å²) in [5.41, 5.74) is -3.61. The average molecular weight is 488 g/mol. The number of hydrogen-bond acceptors (Lipinski definition) is 4. The molecule has 0 aromatic heterocycles. The highest BCUT2D eigenvalue weighted by atomic mass is 19.4. The van der Waals surface area contributed by atoms with Gasteiger partial charge in [-0.25, -0.2) is 4.79 Å². The van der Waals surface area contributed by atoms with Gasteiger partial charge in [-0.2, -0.15) is 13.2 Å². The molecule has 34 heavy (non-hydrogen) atoms. The minimum Gasteiger partial charge on any atom is -0.458 e. The number of ether oxygens (including phenoxy) is 2. The van der Waals surface area contributed by atoms with E-state index in [2.05, 4.69) is 12.2 Å². The molecule has 1 aromatic carbocycles. The lowest BCUT2D eigenvalue weighted by atomic mass is 9.92. The standard InChI is InChI=1S/C26H40F3NO4/c1-5-6-7-8-9-10-11-12-16-19-23(20(2)30-21(3)31)34-24(32)25(33-4,26(27,28)29)22-17-14-13-15-18-22/h13-15,17-18,20,23H,5-12,16,19H2,1-4H3,(H,30,31)/t20-,23-,25-/m0/s1. The van der Waals surface area contributed by atoms with Gasteiger partial charge in [-0.3, -0.25) is 4.79 Å². The van der Waals surface area contributed by atoms with Crippen molar-refractivity contribution >= 4 is 11.9 Å². The monoisotopic (exact) mass is 487 g/mol. The van der Waals surface area contributed by atoms with Crippen LogP contribution in [0.4, 0.5) is 13.2 Å². The third-order valence-electron chi connectivity index (χ3n) is 6.01. The highest BCUT2D eigenvalue weighted by molar-refractivity contribution is 5.83. The SMILES string of the molecule is CCCCCCCCCCC[C@H](OC(=O)[C@@](OC)(c1ccccc1)C(F)(F)F)[C@H](C)NC(C)=O. The first kappa shape index (κ1) is 29.9. The second kappa shape index (κ2) is 15.0. The summed E-state index contributed by atoms with van der Waals surface area (Å²) >= 11 is 0. The van der Waals surface area contributed by atoms with E-state index in [1.807, 2.05) is 0 Å². The summed E-state index contributed by atoms with van der Waals surface area (Å²) in [6, 6.07) is 6.09. The Morgan fingerprint density at radius 1 is 0.941 bits per heavy atom. The summed E-state index contributed by atoms with van der Waals surface area (Å²) in [6.07, 6.45) is 4.12. The summed E-state index contributed by atoms with van der Waals surface area (Å²) in [6.45, 7) is 5.11. The van der Waals surface area contributed by atoms with Crippen LogP contribution in [0.2, 0.25) is 0 Å². The van der Waals surface area contributed by atoms with E-state index in [0.29, 0.717) is 12.8 Å². The van der Waals surface area contributed by atoms with Crippen molar-refractivity contribution in [1.29, 1.82) is 0 Å². The summed E-state index contributed by atoms with van der Waals surface area (Å²) in [5, 5.41) is 2.64. The van der Waals surface area contributed by atoms with E-state index in [1.165, 1.54) is 63.3 Å². The second-order valence-electron chi connectivity index (χ2n) is 8.80. The fourth-order valence-corrected chi connectivity index (χ4v) is 4.09. The zero-order valence-corrected chi connectivity index (χ0v) is 20.9. The molecule has 0 aliphatic heterocycles. The molecule has 1 rings (SSSR count). The van der Waals surface area contributed by atoms with Gasteiger partial charge in [0.2, 0.25) is 5.91 Å². The van der Waals surface area contributed by atoms with Crippen molar-refractivity contribution in [2.45, 2.75) is 109 Å². The van der Waals surface area contributed by atoms with Crippen LogP contribution in [0.25, 0.3) is 0 Å². The smallest absolute Gasteiger partial charge is 0.432 e. The topological polar surface area (TPSA) is 64.6 Å². The predicted octanol–water partition coefficient (Wildman–Crippen LogP) is 6.45. The molecule has 1 aromatic rings. The van der Waals surface area contributed by atoms with Crippen LogP contribution in [-0.2, 0) is 24.7 Å². The molecule has 5 nitrogen and oxygen atoms in total. The molecule has 0 heterocycles. The van der Waals surface area contributed by atoms with Gasteiger partial charge < -0.3 is 14.8 Å². The molecule has 1 amide bonds. The molecule has 0 spiro atoms. The molecule has 0 saturated carbocycles. The van der Waals surface area contributed by atoms with Gasteiger partial charge in [0, 0.05) is 19.6 Å². The van der Waals surface area contributed by atoms with Gasteiger partial charge >= 0.3 is 12.1 Å². The van der Waals surface area contributed by atoms with Crippen LogP contribution >= 0.6 is 0 Å². The Morgan fingerprint density at radius 3 is 1.94 bits per heavy atom. The zero-order valence-electron chi connectivity index (χ0n) is 20.9. The highest BCUT2D eigenvalue weighted by Crippen LogP contribution is 2.43. The molecule has 0 fully saturated rings. The van der Waals surface area contributed by atoms with Crippen molar-refractivity contribution in [2.24, 2.45) is 0 Å². The van der Waals surface area contributed by atoms with Crippen molar-refractivity contribution in [3.8, 4) is 0 Å². The number of carbonyl (C=O) groups excluding carboxylic acids is 2. The number of amides is 1. The van der Waals surface area contributed by atoms with Crippen molar-refractivity contribution in [3.63, 3.8) is 0 Å². The molecule has 194 valence electrons. The van der Waals surface area contributed by atoms with Gasteiger partial charge in [0.15, 0.2) is 0 Å². The molecule has 8 heteroatoms. The molecular formula is C26H40F3NO4. The summed E-state index contributed by atoms with van der Waals surface area (Å²) in [7, 11) is 0.842. The molecule has 0 unspecified atom stereocenters. The summed E-state index contributed by atoms with van der Waals surface area (Å²) in [5.74, 6) is -1.88. The van der Waals surface area contributed by atoms with Crippen LogP contribution in [-0.4, -0.2) is 37.3 Å². The first-order valence-corrected chi connectivity index (χ1v) is 12.3. The Balaban J connectivity index is 2.88. The van der Waals surface area contributed by atoms with E-state index in [1.54, 1.807) is 13.0 Å². The normalized spacial score (nSPS) is 15.3. The zero-order chi connectivity index (χ0) is 25.6. The molecule has 0 bridgehead atoms. The Kier molecular flexibility index (Phi) is 13.2. The summed E-state index contributed by atoms with van der Waals surface area (Å²) < 4.78 is 52.8. The number of carbonyl (C=O) groups is 2. The van der Waals surface area contributed by atoms with E-state index in [9.17, 15) is 22.8 Å². The molecule has 0 aliphatic carbocycles. The van der Waals surface area contributed by atoms with E-state index >= 15 is 0 Å². The molecular weight excluding hydrogens is 447 g/mol. The van der Waals surface area contributed by atoms with Crippen LogP contribution in [0, 0.1) is 0 Å². The minimum absolute atomic E-state index is 0.343. The number of rotatable bonds is 16. The molecule has 0 radical (unpaired) electrons. The number of hydrogen-bond donors (Lipinski definition) is 1. The van der Waals surface area contributed by atoms with Crippen molar-refractivity contribution in [1.82, 2.24) is 5.32 Å². The quantitative estimate of drug-likeness (QED) is 0.215. The maximum atomic E-state index is 14.2.